The fourth-order valence-corrected chi connectivity index (χ4v) is 1.95. The molecule has 0 atom stereocenters. The molecule has 1 rings (SSSR count). The minimum atomic E-state index is -0.0948. The lowest BCUT2D eigenvalue weighted by atomic mass is 10.1. The maximum Gasteiger partial charge on any atom is 0.226 e. The number of ether oxygens (including phenoxy) is 1. The van der Waals surface area contributed by atoms with Gasteiger partial charge in [0.2, 0.25) is 5.91 Å². The van der Waals surface area contributed by atoms with E-state index in [-0.39, 0.29) is 18.3 Å². The molecule has 1 aromatic rings. The summed E-state index contributed by atoms with van der Waals surface area (Å²) in [4.78, 5) is 11.6. The van der Waals surface area contributed by atoms with E-state index < -0.39 is 0 Å². The maximum absolute atomic E-state index is 11.6. The molecule has 0 spiro atoms. The van der Waals surface area contributed by atoms with E-state index in [1.807, 2.05) is 19.9 Å². The van der Waals surface area contributed by atoms with Gasteiger partial charge in [0.1, 0.15) is 0 Å². The average Bonchev–Trinajstić information content (AvgIpc) is 2.25. The van der Waals surface area contributed by atoms with E-state index in [0.29, 0.717) is 31.0 Å². The van der Waals surface area contributed by atoms with Crippen LogP contribution in [0.5, 0.6) is 0 Å². The molecule has 0 bridgehead atoms. The lowest BCUT2D eigenvalue weighted by molar-refractivity contribution is -0.117. The van der Waals surface area contributed by atoms with Gasteiger partial charge >= 0.3 is 0 Å². The number of benzene rings is 1. The number of carbonyl (C=O) groups is 1. The highest BCUT2D eigenvalue weighted by Gasteiger charge is 2.08. The summed E-state index contributed by atoms with van der Waals surface area (Å²) in [5.41, 5.74) is 8.05. The van der Waals surface area contributed by atoms with Crippen LogP contribution in [0.1, 0.15) is 18.9 Å². The summed E-state index contributed by atoms with van der Waals surface area (Å²) in [6.07, 6.45) is 0.332. The van der Waals surface area contributed by atoms with Gasteiger partial charge in [-0.3, -0.25) is 4.79 Å². The van der Waals surface area contributed by atoms with Gasteiger partial charge in [-0.25, -0.2) is 0 Å². The number of halogens is 2. The van der Waals surface area contributed by atoms with E-state index in [1.165, 1.54) is 0 Å². The molecule has 0 heterocycles. The smallest absolute Gasteiger partial charge is 0.226 e. The predicted octanol–water partition coefficient (Wildman–Crippen LogP) is 3.13. The molecule has 0 radical (unpaired) electrons. The standard InChI is InChI=1S/C12H17BrN2O2.ClH/c1-3-17-5-4-11(16)15-10-7-9(13)6-8(2)12(10)14;/h6-7H,3-5,14H2,1-2H3,(H,15,16);1H. The van der Waals surface area contributed by atoms with Gasteiger partial charge < -0.3 is 15.8 Å². The Labute approximate surface area is 122 Å². The topological polar surface area (TPSA) is 64.3 Å². The van der Waals surface area contributed by atoms with Gasteiger partial charge in [0, 0.05) is 11.1 Å². The fourth-order valence-electron chi connectivity index (χ4n) is 1.38. The highest BCUT2D eigenvalue weighted by molar-refractivity contribution is 9.10. The fraction of sp³-hybridized carbons (Fsp3) is 0.417. The molecule has 0 aliphatic carbocycles. The van der Waals surface area contributed by atoms with Crippen LogP contribution in [0.3, 0.4) is 0 Å². The first-order chi connectivity index (χ1) is 8.04. The van der Waals surface area contributed by atoms with Gasteiger partial charge in [0.25, 0.3) is 0 Å². The lowest BCUT2D eigenvalue weighted by Gasteiger charge is -2.11. The van der Waals surface area contributed by atoms with Crippen molar-refractivity contribution in [1.82, 2.24) is 0 Å². The van der Waals surface area contributed by atoms with Crippen LogP contribution in [0.25, 0.3) is 0 Å². The molecule has 3 N–H and O–H groups in total. The second-order valence-corrected chi connectivity index (χ2v) is 4.59. The molecule has 4 nitrogen and oxygen atoms in total. The molecule has 18 heavy (non-hydrogen) atoms. The van der Waals surface area contributed by atoms with Crippen LogP contribution in [-0.4, -0.2) is 19.1 Å². The van der Waals surface area contributed by atoms with Crippen molar-refractivity contribution in [3.63, 3.8) is 0 Å². The molecule has 0 aliphatic rings. The van der Waals surface area contributed by atoms with Crippen molar-refractivity contribution in [3.05, 3.63) is 22.2 Å². The van der Waals surface area contributed by atoms with Crippen LogP contribution in [0, 0.1) is 6.92 Å². The number of hydrogen-bond donors (Lipinski definition) is 2. The molecule has 0 unspecified atom stereocenters. The number of amides is 1. The van der Waals surface area contributed by atoms with Crippen molar-refractivity contribution >= 4 is 45.6 Å². The third-order valence-corrected chi connectivity index (χ3v) is 2.76. The highest BCUT2D eigenvalue weighted by atomic mass is 79.9. The first kappa shape index (κ1) is 17.2. The number of nitrogen functional groups attached to an aromatic ring is 1. The Balaban J connectivity index is 0.00000289. The summed E-state index contributed by atoms with van der Waals surface area (Å²) in [5, 5.41) is 2.78. The molecule has 0 aliphatic heterocycles. The van der Waals surface area contributed by atoms with Crippen LogP contribution in [-0.2, 0) is 9.53 Å². The number of aryl methyl sites for hydroxylation is 1. The minimum Gasteiger partial charge on any atom is -0.397 e. The molecule has 1 aromatic carbocycles. The average molecular weight is 338 g/mol. The monoisotopic (exact) mass is 336 g/mol. The Bertz CT molecular complexity index is 413. The van der Waals surface area contributed by atoms with Crippen LogP contribution < -0.4 is 11.1 Å². The zero-order valence-electron chi connectivity index (χ0n) is 10.5. The Morgan fingerprint density at radius 1 is 1.50 bits per heavy atom. The number of hydrogen-bond acceptors (Lipinski definition) is 3. The number of anilines is 2. The van der Waals surface area contributed by atoms with Gasteiger partial charge in [0.05, 0.1) is 24.4 Å². The Morgan fingerprint density at radius 2 is 2.17 bits per heavy atom. The number of rotatable bonds is 5. The van der Waals surface area contributed by atoms with Crippen molar-refractivity contribution < 1.29 is 9.53 Å². The van der Waals surface area contributed by atoms with E-state index >= 15 is 0 Å². The molecule has 0 fully saturated rings. The van der Waals surface area contributed by atoms with Crippen molar-refractivity contribution in [2.24, 2.45) is 0 Å². The minimum absolute atomic E-state index is 0. The highest BCUT2D eigenvalue weighted by Crippen LogP contribution is 2.27. The molecule has 0 aromatic heterocycles. The Hall–Kier alpha value is -0.780. The molecule has 6 heteroatoms. The van der Waals surface area contributed by atoms with E-state index in [1.54, 1.807) is 6.07 Å². The summed E-state index contributed by atoms with van der Waals surface area (Å²) < 4.78 is 6.01. The van der Waals surface area contributed by atoms with Crippen LogP contribution in [0.15, 0.2) is 16.6 Å². The predicted molar refractivity (Wildman–Crippen MR) is 80.3 cm³/mol. The molecule has 102 valence electrons. The molecular weight excluding hydrogens is 320 g/mol. The number of carbonyl (C=O) groups excluding carboxylic acids is 1. The van der Waals surface area contributed by atoms with E-state index in [9.17, 15) is 4.79 Å². The summed E-state index contributed by atoms with van der Waals surface area (Å²) in [6, 6.07) is 3.70. The largest absolute Gasteiger partial charge is 0.397 e. The molecule has 0 saturated heterocycles. The summed E-state index contributed by atoms with van der Waals surface area (Å²) in [5.74, 6) is -0.0948. The van der Waals surface area contributed by atoms with Gasteiger partial charge in [-0.2, -0.15) is 0 Å². The Kier molecular flexibility index (Phi) is 7.98. The van der Waals surface area contributed by atoms with Gasteiger partial charge in [-0.05, 0) is 31.5 Å². The molecule has 1 amide bonds. The Morgan fingerprint density at radius 3 is 2.78 bits per heavy atom. The van der Waals surface area contributed by atoms with E-state index in [2.05, 4.69) is 21.2 Å². The van der Waals surface area contributed by atoms with Crippen molar-refractivity contribution in [3.8, 4) is 0 Å². The summed E-state index contributed by atoms with van der Waals surface area (Å²) >= 11 is 3.37. The first-order valence-corrected chi connectivity index (χ1v) is 6.27. The maximum atomic E-state index is 11.6. The van der Waals surface area contributed by atoms with Gasteiger partial charge in [-0.15, -0.1) is 12.4 Å². The van der Waals surface area contributed by atoms with Crippen LogP contribution in [0.2, 0.25) is 0 Å². The van der Waals surface area contributed by atoms with Gasteiger partial charge in [-0.1, -0.05) is 15.9 Å². The third-order valence-electron chi connectivity index (χ3n) is 2.30. The van der Waals surface area contributed by atoms with E-state index in [4.69, 9.17) is 10.5 Å². The SMILES string of the molecule is CCOCCC(=O)Nc1cc(Br)cc(C)c1N.Cl. The first-order valence-electron chi connectivity index (χ1n) is 5.47. The lowest BCUT2D eigenvalue weighted by Crippen LogP contribution is -2.15. The van der Waals surface area contributed by atoms with E-state index in [0.717, 1.165) is 10.0 Å². The summed E-state index contributed by atoms with van der Waals surface area (Å²) in [6.45, 7) is 4.84. The zero-order chi connectivity index (χ0) is 12.8. The van der Waals surface area contributed by atoms with Crippen molar-refractivity contribution in [2.45, 2.75) is 20.3 Å². The third kappa shape index (κ3) is 5.25. The van der Waals surface area contributed by atoms with Crippen molar-refractivity contribution in [1.29, 1.82) is 0 Å². The quantitative estimate of drug-likeness (QED) is 0.641. The normalized spacial score (nSPS) is 9.72. The summed E-state index contributed by atoms with van der Waals surface area (Å²) in [7, 11) is 0. The van der Waals surface area contributed by atoms with Crippen LogP contribution >= 0.6 is 28.3 Å². The van der Waals surface area contributed by atoms with Crippen LogP contribution in [0.4, 0.5) is 11.4 Å². The second kappa shape index (κ2) is 8.34. The second-order valence-electron chi connectivity index (χ2n) is 3.68. The van der Waals surface area contributed by atoms with Crippen molar-refractivity contribution in [2.75, 3.05) is 24.3 Å². The zero-order valence-corrected chi connectivity index (χ0v) is 12.9. The number of nitrogens with one attached hydrogen (secondary N) is 1. The number of nitrogens with two attached hydrogens (primary N) is 1. The molecular formula is C12H18BrClN2O2. The molecule has 0 saturated carbocycles. The van der Waals surface area contributed by atoms with Gasteiger partial charge in [0.15, 0.2) is 0 Å².